The molecular formula is C14H20ClN3O2S. The summed E-state index contributed by atoms with van der Waals surface area (Å²) in [6, 6.07) is 3.25. The lowest BCUT2D eigenvalue weighted by molar-refractivity contribution is -0.121. The molecule has 0 bridgehead atoms. The van der Waals surface area contributed by atoms with Crippen LogP contribution in [0.5, 0.6) is 0 Å². The summed E-state index contributed by atoms with van der Waals surface area (Å²) in [6.45, 7) is 8.59. The van der Waals surface area contributed by atoms with Crippen LogP contribution in [0, 0.1) is 0 Å². The Balaban J connectivity index is 2.51. The number of hydrogen-bond donors (Lipinski definition) is 2. The van der Waals surface area contributed by atoms with Crippen molar-refractivity contribution in [1.29, 1.82) is 0 Å². The number of amides is 3. The van der Waals surface area contributed by atoms with E-state index in [2.05, 4.69) is 17.2 Å². The van der Waals surface area contributed by atoms with Crippen molar-refractivity contribution in [1.82, 2.24) is 15.5 Å². The predicted molar refractivity (Wildman–Crippen MR) is 86.6 cm³/mol. The van der Waals surface area contributed by atoms with Gasteiger partial charge in [-0.1, -0.05) is 17.7 Å². The Hall–Kier alpha value is -1.37. The Labute approximate surface area is 134 Å². The maximum atomic E-state index is 11.8. The van der Waals surface area contributed by atoms with Gasteiger partial charge in [-0.25, -0.2) is 4.79 Å². The van der Waals surface area contributed by atoms with Crippen molar-refractivity contribution >= 4 is 34.9 Å². The number of nitrogens with one attached hydrogen (secondary N) is 2. The summed E-state index contributed by atoms with van der Waals surface area (Å²) in [4.78, 5) is 26.3. The van der Waals surface area contributed by atoms with Crippen LogP contribution in [0.25, 0.3) is 0 Å². The smallest absolute Gasteiger partial charge is 0.321 e. The van der Waals surface area contributed by atoms with Gasteiger partial charge in [0, 0.05) is 24.0 Å². The second kappa shape index (κ2) is 8.81. The number of rotatable bonds is 7. The number of imide groups is 1. The number of hydrogen-bond acceptors (Lipinski definition) is 4. The molecule has 0 radical (unpaired) electrons. The predicted octanol–water partition coefficient (Wildman–Crippen LogP) is 2.62. The van der Waals surface area contributed by atoms with Crippen molar-refractivity contribution in [2.75, 3.05) is 13.1 Å². The lowest BCUT2D eigenvalue weighted by Crippen LogP contribution is -2.46. The van der Waals surface area contributed by atoms with Crippen LogP contribution in [0.4, 0.5) is 4.79 Å². The van der Waals surface area contributed by atoms with Crippen LogP contribution < -0.4 is 10.6 Å². The van der Waals surface area contributed by atoms with Crippen LogP contribution >= 0.6 is 22.9 Å². The van der Waals surface area contributed by atoms with Gasteiger partial charge in [0.15, 0.2) is 0 Å². The lowest BCUT2D eigenvalue weighted by atomic mass is 10.3. The average molecular weight is 330 g/mol. The summed E-state index contributed by atoms with van der Waals surface area (Å²) in [5.74, 6) is -0.349. The number of thiophene rings is 1. The molecule has 1 aromatic heterocycles. The van der Waals surface area contributed by atoms with Gasteiger partial charge in [0.05, 0.1) is 10.9 Å². The zero-order valence-corrected chi connectivity index (χ0v) is 13.8. The largest absolute Gasteiger partial charge is 0.336 e. The number of carbonyl (C=O) groups excluding carboxylic acids is 2. The van der Waals surface area contributed by atoms with Gasteiger partial charge < -0.3 is 5.32 Å². The molecule has 0 atom stereocenters. The summed E-state index contributed by atoms with van der Waals surface area (Å²) in [5.41, 5.74) is 0. The molecule has 0 aliphatic heterocycles. The van der Waals surface area contributed by atoms with E-state index in [1.54, 1.807) is 6.08 Å². The minimum atomic E-state index is -0.479. The SMILES string of the molecule is C=CCN(CC(=O)NC(=O)NC(C)C)Cc1ccc(Cl)s1. The number of urea groups is 1. The van der Waals surface area contributed by atoms with Crippen molar-refractivity contribution in [2.24, 2.45) is 0 Å². The molecule has 0 aromatic carbocycles. The van der Waals surface area contributed by atoms with Crippen LogP contribution in [0.1, 0.15) is 18.7 Å². The first kappa shape index (κ1) is 17.7. The van der Waals surface area contributed by atoms with Crippen molar-refractivity contribution in [3.63, 3.8) is 0 Å². The Morgan fingerprint density at radius 1 is 1.48 bits per heavy atom. The van der Waals surface area contributed by atoms with Crippen LogP contribution in [-0.4, -0.2) is 36.0 Å². The second-order valence-electron chi connectivity index (χ2n) is 4.84. The maximum Gasteiger partial charge on any atom is 0.321 e. The molecule has 7 heteroatoms. The highest BCUT2D eigenvalue weighted by Gasteiger charge is 2.14. The van der Waals surface area contributed by atoms with Crippen molar-refractivity contribution < 1.29 is 9.59 Å². The molecule has 1 heterocycles. The summed E-state index contributed by atoms with van der Waals surface area (Å²) >= 11 is 7.36. The number of nitrogens with zero attached hydrogens (tertiary/aromatic N) is 1. The van der Waals surface area contributed by atoms with Gasteiger partial charge in [-0.15, -0.1) is 17.9 Å². The summed E-state index contributed by atoms with van der Waals surface area (Å²) in [7, 11) is 0. The average Bonchev–Trinajstić information content (AvgIpc) is 2.73. The van der Waals surface area contributed by atoms with Crippen LogP contribution in [0.2, 0.25) is 4.34 Å². The van der Waals surface area contributed by atoms with Gasteiger partial charge in [-0.05, 0) is 26.0 Å². The number of carbonyl (C=O) groups is 2. The fourth-order valence-electron chi connectivity index (χ4n) is 1.69. The molecule has 2 N–H and O–H groups in total. The third kappa shape index (κ3) is 7.27. The highest BCUT2D eigenvalue weighted by Crippen LogP contribution is 2.22. The molecule has 0 spiro atoms. The molecule has 3 amide bonds. The van der Waals surface area contributed by atoms with Gasteiger partial charge in [-0.3, -0.25) is 15.0 Å². The molecule has 1 aromatic rings. The molecule has 0 fully saturated rings. The third-order valence-electron chi connectivity index (χ3n) is 2.44. The third-order valence-corrected chi connectivity index (χ3v) is 3.65. The Morgan fingerprint density at radius 3 is 2.71 bits per heavy atom. The fraction of sp³-hybridized carbons (Fsp3) is 0.429. The van der Waals surface area contributed by atoms with E-state index in [-0.39, 0.29) is 18.5 Å². The zero-order valence-electron chi connectivity index (χ0n) is 12.2. The fourth-order valence-corrected chi connectivity index (χ4v) is 2.82. The monoisotopic (exact) mass is 329 g/mol. The minimum absolute atomic E-state index is 0.0182. The molecule has 0 saturated heterocycles. The number of halogens is 1. The quantitative estimate of drug-likeness (QED) is 0.756. The first-order valence-electron chi connectivity index (χ1n) is 6.58. The topological polar surface area (TPSA) is 61.4 Å². The van der Waals surface area contributed by atoms with Gasteiger partial charge in [0.25, 0.3) is 0 Å². The molecular weight excluding hydrogens is 310 g/mol. The first-order valence-corrected chi connectivity index (χ1v) is 7.78. The van der Waals surface area contributed by atoms with E-state index in [0.29, 0.717) is 17.4 Å². The summed E-state index contributed by atoms with van der Waals surface area (Å²) in [5, 5.41) is 4.91. The molecule has 1 rings (SSSR count). The second-order valence-corrected chi connectivity index (χ2v) is 6.64. The van der Waals surface area contributed by atoms with Gasteiger partial charge in [0.1, 0.15) is 0 Å². The van der Waals surface area contributed by atoms with E-state index < -0.39 is 6.03 Å². The van der Waals surface area contributed by atoms with E-state index >= 15 is 0 Å². The zero-order chi connectivity index (χ0) is 15.8. The van der Waals surface area contributed by atoms with Crippen LogP contribution in [-0.2, 0) is 11.3 Å². The molecule has 0 aliphatic rings. The summed E-state index contributed by atoms with van der Waals surface area (Å²) < 4.78 is 0.712. The standard InChI is InChI=1S/C14H20ClN3O2S/c1-4-7-18(8-11-5-6-12(15)21-11)9-13(19)17-14(20)16-10(2)3/h4-6,10H,1,7-9H2,2-3H3,(H2,16,17,19,20). The van der Waals surface area contributed by atoms with Gasteiger partial charge >= 0.3 is 6.03 Å². The van der Waals surface area contributed by atoms with Gasteiger partial charge in [0.2, 0.25) is 5.91 Å². The van der Waals surface area contributed by atoms with E-state index in [9.17, 15) is 9.59 Å². The normalized spacial score (nSPS) is 10.7. The highest BCUT2D eigenvalue weighted by atomic mass is 35.5. The van der Waals surface area contributed by atoms with E-state index in [4.69, 9.17) is 11.6 Å². The van der Waals surface area contributed by atoms with Crippen LogP contribution in [0.15, 0.2) is 24.8 Å². The molecule has 116 valence electrons. The molecule has 5 nitrogen and oxygen atoms in total. The van der Waals surface area contributed by atoms with E-state index in [0.717, 1.165) is 4.88 Å². The van der Waals surface area contributed by atoms with Crippen molar-refractivity contribution in [3.05, 3.63) is 34.0 Å². The Morgan fingerprint density at radius 2 is 2.19 bits per heavy atom. The first-order chi connectivity index (χ1) is 9.90. The Kier molecular flexibility index (Phi) is 7.42. The molecule has 0 unspecified atom stereocenters. The van der Waals surface area contributed by atoms with E-state index in [1.807, 2.05) is 30.9 Å². The van der Waals surface area contributed by atoms with Crippen LogP contribution in [0.3, 0.4) is 0 Å². The molecule has 0 aliphatic carbocycles. The molecule has 0 saturated carbocycles. The molecule has 21 heavy (non-hydrogen) atoms. The maximum absolute atomic E-state index is 11.8. The van der Waals surface area contributed by atoms with Crippen molar-refractivity contribution in [2.45, 2.75) is 26.4 Å². The highest BCUT2D eigenvalue weighted by molar-refractivity contribution is 7.16. The van der Waals surface area contributed by atoms with E-state index in [1.165, 1.54) is 11.3 Å². The van der Waals surface area contributed by atoms with Gasteiger partial charge in [-0.2, -0.15) is 0 Å². The minimum Gasteiger partial charge on any atom is -0.336 e. The Bertz CT molecular complexity index is 502. The van der Waals surface area contributed by atoms with Crippen molar-refractivity contribution in [3.8, 4) is 0 Å². The summed E-state index contributed by atoms with van der Waals surface area (Å²) in [6.07, 6.45) is 1.72. The lowest BCUT2D eigenvalue weighted by Gasteiger charge is -2.19.